The zero-order valence-electron chi connectivity index (χ0n) is 6.99. The number of nitrogens with zero attached hydrogens (tertiary/aromatic N) is 1. The first kappa shape index (κ1) is 10.1. The minimum Gasteiger partial charge on any atom is -0.447 e. The first-order valence-corrected chi connectivity index (χ1v) is 4.30. The van der Waals surface area contributed by atoms with Crippen LogP contribution in [0.1, 0.15) is 6.92 Å². The monoisotopic (exact) mass is 205 g/mol. The predicted molar refractivity (Wildman–Crippen MR) is 46.9 cm³/mol. The number of alkyl halides is 1. The lowest BCUT2D eigenvalue weighted by molar-refractivity contribution is -0.132. The third-order valence-electron chi connectivity index (χ3n) is 1.68. The third kappa shape index (κ3) is 1.86. The van der Waals surface area contributed by atoms with Crippen LogP contribution in [0.3, 0.4) is 0 Å². The minimum absolute atomic E-state index is 0.0702. The van der Waals surface area contributed by atoms with Crippen LogP contribution in [-0.2, 0) is 9.53 Å². The molecule has 0 spiro atoms. The van der Waals surface area contributed by atoms with E-state index >= 15 is 0 Å². The molecule has 0 aromatic heterocycles. The number of cyclic esters (lactones) is 1. The van der Waals surface area contributed by atoms with Crippen LogP contribution in [-0.4, -0.2) is 41.5 Å². The summed E-state index contributed by atoms with van der Waals surface area (Å²) in [7, 11) is 3.04. The van der Waals surface area contributed by atoms with Crippen LogP contribution in [0.15, 0.2) is 0 Å². The van der Waals surface area contributed by atoms with Crippen molar-refractivity contribution in [1.29, 1.82) is 0 Å². The number of hydrogen-bond donors (Lipinski definition) is 0. The number of carbonyl (C=O) groups is 2. The van der Waals surface area contributed by atoms with Crippen molar-refractivity contribution in [2.24, 2.45) is 0 Å². The highest BCUT2D eigenvalue weighted by molar-refractivity contribution is 7.18. The molecule has 1 saturated heterocycles. The summed E-state index contributed by atoms with van der Waals surface area (Å²) >= 11 is 0. The van der Waals surface area contributed by atoms with E-state index in [0.717, 1.165) is 11.8 Å². The summed E-state index contributed by atoms with van der Waals surface area (Å²) in [4.78, 5) is 22.9. The molecule has 2 amide bonds. The molecule has 0 aromatic rings. The number of hydrogen-bond acceptors (Lipinski definition) is 3. The molecule has 13 heavy (non-hydrogen) atoms. The molecular formula is C7H9FNO3P. The van der Waals surface area contributed by atoms with Crippen molar-refractivity contribution in [2.75, 3.05) is 6.61 Å². The Hall–Kier alpha value is -0.960. The maximum Gasteiger partial charge on any atom is 0.417 e. The maximum absolute atomic E-state index is 12.6. The van der Waals surface area contributed by atoms with Gasteiger partial charge < -0.3 is 4.74 Å². The molecule has 1 unspecified atom stereocenters. The van der Waals surface area contributed by atoms with E-state index < -0.39 is 24.2 Å². The van der Waals surface area contributed by atoms with Gasteiger partial charge in [-0.2, -0.15) is 0 Å². The fraction of sp³-hybridized carbons (Fsp3) is 0.571. The Bertz CT molecular complexity index is 256. The lowest BCUT2D eigenvalue weighted by atomic mass is 10.3. The van der Waals surface area contributed by atoms with Gasteiger partial charge in [-0.1, -0.05) is 0 Å². The van der Waals surface area contributed by atoms with Gasteiger partial charge in [0.1, 0.15) is 6.61 Å². The van der Waals surface area contributed by atoms with Crippen LogP contribution in [0.2, 0.25) is 0 Å². The van der Waals surface area contributed by atoms with Gasteiger partial charge >= 0.3 is 6.09 Å². The zero-order chi connectivity index (χ0) is 10.0. The van der Waals surface area contributed by atoms with Crippen molar-refractivity contribution in [3.63, 3.8) is 0 Å². The van der Waals surface area contributed by atoms with Crippen LogP contribution in [0.5, 0.6) is 0 Å². The van der Waals surface area contributed by atoms with E-state index in [1.807, 2.05) is 0 Å². The average Bonchev–Trinajstić information content (AvgIpc) is 2.45. The second-order valence-electron chi connectivity index (χ2n) is 2.64. The summed E-state index contributed by atoms with van der Waals surface area (Å²) in [6.07, 6.45) is -2.49. The molecule has 0 radical (unpaired) electrons. The van der Waals surface area contributed by atoms with Gasteiger partial charge in [-0.3, -0.25) is 4.79 Å². The summed E-state index contributed by atoms with van der Waals surface area (Å²) < 4.78 is 17.2. The fourth-order valence-electron chi connectivity index (χ4n) is 1.00. The molecule has 4 nitrogen and oxygen atoms in total. The summed E-state index contributed by atoms with van der Waals surface area (Å²) in [6.45, 7) is 1.15. The fourth-order valence-corrected chi connectivity index (χ4v) is 1.25. The number of ether oxygens (including phenoxy) is 1. The van der Waals surface area contributed by atoms with Gasteiger partial charge in [0, 0.05) is 0 Å². The Morgan fingerprint density at radius 1 is 1.92 bits per heavy atom. The van der Waals surface area contributed by atoms with Gasteiger partial charge in [0.15, 0.2) is 6.17 Å². The van der Waals surface area contributed by atoms with Gasteiger partial charge in [-0.15, -0.1) is 8.86 Å². The van der Waals surface area contributed by atoms with Crippen molar-refractivity contribution in [3.05, 3.63) is 0 Å². The Labute approximate surface area is 76.9 Å². The first-order chi connectivity index (χ1) is 6.07. The molecule has 0 saturated carbocycles. The van der Waals surface area contributed by atoms with Crippen molar-refractivity contribution in [3.8, 4) is 0 Å². The highest BCUT2D eigenvalue weighted by Gasteiger charge is 2.38. The van der Waals surface area contributed by atoms with E-state index in [1.54, 1.807) is 0 Å². The van der Waals surface area contributed by atoms with Crippen molar-refractivity contribution < 1.29 is 18.7 Å². The lowest BCUT2D eigenvalue weighted by Crippen LogP contribution is -2.43. The lowest BCUT2D eigenvalue weighted by Gasteiger charge is -2.16. The first-order valence-electron chi connectivity index (χ1n) is 3.72. The molecule has 1 rings (SSSR count). The normalized spacial score (nSPS) is 24.0. The Kier molecular flexibility index (Phi) is 2.98. The van der Waals surface area contributed by atoms with E-state index in [-0.39, 0.29) is 6.61 Å². The number of halogens is 1. The van der Waals surface area contributed by atoms with E-state index in [4.69, 9.17) is 0 Å². The molecule has 1 heterocycles. The summed E-state index contributed by atoms with van der Waals surface area (Å²) in [5.74, 6) is 0.563. The third-order valence-corrected chi connectivity index (χ3v) is 2.06. The predicted octanol–water partition coefficient (Wildman–Crippen LogP) is 0.637. The summed E-state index contributed by atoms with van der Waals surface area (Å²) in [6, 6.07) is -0.519. The van der Waals surface area contributed by atoms with E-state index in [0.29, 0.717) is 0 Å². The molecule has 0 aliphatic carbocycles. The molecule has 1 aliphatic rings. The molecule has 0 aromatic carbocycles. The topological polar surface area (TPSA) is 46.6 Å². The minimum atomic E-state index is -1.69. The SMILES string of the molecule is CC(F)C(=O)N1C(=O)OC[C@@H]1C=P. The maximum atomic E-state index is 12.6. The summed E-state index contributed by atoms with van der Waals surface area (Å²) in [5, 5.41) is 0. The zero-order valence-corrected chi connectivity index (χ0v) is 7.99. The highest BCUT2D eigenvalue weighted by atomic mass is 31.0. The molecule has 6 heteroatoms. The van der Waals surface area contributed by atoms with E-state index in [1.165, 1.54) is 5.80 Å². The summed E-state index contributed by atoms with van der Waals surface area (Å²) in [5.41, 5.74) is 0. The number of carbonyl (C=O) groups excluding carboxylic acids is 2. The Morgan fingerprint density at radius 2 is 2.54 bits per heavy atom. The van der Waals surface area contributed by atoms with Gasteiger partial charge in [-0.05, 0) is 12.7 Å². The second kappa shape index (κ2) is 3.83. The number of imide groups is 1. The molecule has 2 atom stereocenters. The van der Waals surface area contributed by atoms with Crippen molar-refractivity contribution >= 4 is 26.7 Å². The van der Waals surface area contributed by atoms with Gasteiger partial charge in [0.05, 0.1) is 6.04 Å². The van der Waals surface area contributed by atoms with Crippen LogP contribution in [0.25, 0.3) is 0 Å². The van der Waals surface area contributed by atoms with Gasteiger partial charge in [0.25, 0.3) is 5.91 Å². The molecule has 0 bridgehead atoms. The number of amides is 2. The van der Waals surface area contributed by atoms with Crippen LogP contribution >= 0.6 is 8.86 Å². The second-order valence-corrected chi connectivity index (χ2v) is 2.97. The van der Waals surface area contributed by atoms with Crippen LogP contribution in [0, 0.1) is 0 Å². The van der Waals surface area contributed by atoms with Crippen LogP contribution in [0.4, 0.5) is 9.18 Å². The number of rotatable bonds is 2. The Balaban J connectivity index is 2.80. The average molecular weight is 205 g/mol. The highest BCUT2D eigenvalue weighted by Crippen LogP contribution is 2.13. The quantitative estimate of drug-likeness (QED) is 0.621. The molecule has 0 N–H and O–H groups in total. The van der Waals surface area contributed by atoms with Crippen molar-refractivity contribution in [1.82, 2.24) is 4.90 Å². The standard InChI is InChI=1S/C7H9FNO3P/c1-4(8)6(10)9-5(3-13)2-12-7(9)11/h3-5,13H,2H2,1H3/t4?,5-/m1/s1. The largest absolute Gasteiger partial charge is 0.447 e. The Morgan fingerprint density at radius 3 is 3.00 bits per heavy atom. The molecule has 1 fully saturated rings. The van der Waals surface area contributed by atoms with Gasteiger partial charge in [0.2, 0.25) is 0 Å². The van der Waals surface area contributed by atoms with E-state index in [2.05, 4.69) is 13.6 Å². The molecular weight excluding hydrogens is 196 g/mol. The van der Waals surface area contributed by atoms with E-state index in [9.17, 15) is 14.0 Å². The van der Waals surface area contributed by atoms with Crippen molar-refractivity contribution in [2.45, 2.75) is 19.1 Å². The van der Waals surface area contributed by atoms with Gasteiger partial charge in [-0.25, -0.2) is 14.1 Å². The molecule has 1 aliphatic heterocycles. The van der Waals surface area contributed by atoms with Crippen LogP contribution < -0.4 is 0 Å². The smallest absolute Gasteiger partial charge is 0.417 e. The molecule has 72 valence electrons.